The van der Waals surface area contributed by atoms with Crippen LogP contribution in [0.5, 0.6) is 0 Å². The van der Waals surface area contributed by atoms with E-state index in [1.807, 2.05) is 18.2 Å². The SMILES string of the molecule is NC(=O)c1c(NC(=O)CNC(CN2CCOCC2)c2ccccc2)sc2c1CCCC2. The van der Waals surface area contributed by atoms with Gasteiger partial charge in [0.25, 0.3) is 5.91 Å². The monoisotopic (exact) mass is 442 g/mol. The molecule has 1 unspecified atom stereocenters. The molecule has 1 atom stereocenters. The number of hydrogen-bond donors (Lipinski definition) is 3. The largest absolute Gasteiger partial charge is 0.379 e. The lowest BCUT2D eigenvalue weighted by Crippen LogP contribution is -2.43. The molecule has 1 fully saturated rings. The third-order valence-corrected chi connectivity index (χ3v) is 7.13. The van der Waals surface area contributed by atoms with Gasteiger partial charge in [0.15, 0.2) is 0 Å². The molecule has 1 aliphatic heterocycles. The first-order valence-electron chi connectivity index (χ1n) is 10.9. The van der Waals surface area contributed by atoms with Crippen molar-refractivity contribution in [2.45, 2.75) is 31.7 Å². The van der Waals surface area contributed by atoms with Crippen molar-refractivity contribution in [1.29, 1.82) is 0 Å². The molecular weight excluding hydrogens is 412 g/mol. The van der Waals surface area contributed by atoms with Crippen LogP contribution in [0.1, 0.15) is 45.2 Å². The van der Waals surface area contributed by atoms with E-state index in [2.05, 4.69) is 27.7 Å². The Balaban J connectivity index is 1.42. The number of anilines is 1. The second-order valence-electron chi connectivity index (χ2n) is 8.08. The van der Waals surface area contributed by atoms with Crippen LogP contribution in [0.25, 0.3) is 0 Å². The van der Waals surface area contributed by atoms with Gasteiger partial charge in [0.05, 0.1) is 25.3 Å². The Hall–Kier alpha value is -2.26. The number of morpholine rings is 1. The average molecular weight is 443 g/mol. The Morgan fingerprint density at radius 3 is 2.61 bits per heavy atom. The number of carbonyl (C=O) groups is 2. The van der Waals surface area contributed by atoms with Crippen molar-refractivity contribution in [3.05, 3.63) is 51.9 Å². The molecule has 0 bridgehead atoms. The topological polar surface area (TPSA) is 96.7 Å². The summed E-state index contributed by atoms with van der Waals surface area (Å²) in [6, 6.07) is 10.2. The van der Waals surface area contributed by atoms with Gasteiger partial charge < -0.3 is 21.1 Å². The zero-order chi connectivity index (χ0) is 21.6. The maximum atomic E-state index is 12.8. The highest BCUT2D eigenvalue weighted by molar-refractivity contribution is 7.17. The third-order valence-electron chi connectivity index (χ3n) is 5.93. The predicted molar refractivity (Wildman–Crippen MR) is 123 cm³/mol. The lowest BCUT2D eigenvalue weighted by molar-refractivity contribution is -0.115. The van der Waals surface area contributed by atoms with Gasteiger partial charge in [0.1, 0.15) is 5.00 Å². The summed E-state index contributed by atoms with van der Waals surface area (Å²) in [5, 5.41) is 6.94. The van der Waals surface area contributed by atoms with Crippen LogP contribution < -0.4 is 16.4 Å². The van der Waals surface area contributed by atoms with E-state index < -0.39 is 5.91 Å². The normalized spacial score (nSPS) is 17.7. The molecule has 4 N–H and O–H groups in total. The van der Waals surface area contributed by atoms with Gasteiger partial charge in [-0.3, -0.25) is 14.5 Å². The number of carbonyl (C=O) groups excluding carboxylic acids is 2. The first-order chi connectivity index (χ1) is 15.1. The lowest BCUT2D eigenvalue weighted by atomic mass is 9.95. The maximum Gasteiger partial charge on any atom is 0.251 e. The average Bonchev–Trinajstić information content (AvgIpc) is 3.16. The highest BCUT2D eigenvalue weighted by atomic mass is 32.1. The van der Waals surface area contributed by atoms with E-state index in [1.54, 1.807) is 0 Å². The first kappa shape index (κ1) is 22.0. The molecule has 0 spiro atoms. The number of benzene rings is 1. The minimum Gasteiger partial charge on any atom is -0.379 e. The van der Waals surface area contributed by atoms with Crippen molar-refractivity contribution >= 4 is 28.2 Å². The Labute approximate surface area is 186 Å². The van der Waals surface area contributed by atoms with Crippen molar-refractivity contribution in [1.82, 2.24) is 10.2 Å². The fraction of sp³-hybridized carbons (Fsp3) is 0.478. The number of thiophene rings is 1. The number of amides is 2. The summed E-state index contributed by atoms with van der Waals surface area (Å²) in [7, 11) is 0. The highest BCUT2D eigenvalue weighted by Gasteiger charge is 2.25. The highest BCUT2D eigenvalue weighted by Crippen LogP contribution is 2.37. The molecule has 2 amide bonds. The second kappa shape index (κ2) is 10.4. The summed E-state index contributed by atoms with van der Waals surface area (Å²) in [6.07, 6.45) is 3.97. The second-order valence-corrected chi connectivity index (χ2v) is 9.19. The van der Waals surface area contributed by atoms with Crippen molar-refractivity contribution in [3.63, 3.8) is 0 Å². The van der Waals surface area contributed by atoms with E-state index >= 15 is 0 Å². The van der Waals surface area contributed by atoms with E-state index in [0.29, 0.717) is 10.6 Å². The molecule has 0 saturated carbocycles. The Morgan fingerprint density at radius 2 is 1.87 bits per heavy atom. The van der Waals surface area contributed by atoms with Gasteiger partial charge in [-0.25, -0.2) is 0 Å². The van der Waals surface area contributed by atoms with Gasteiger partial charge in [-0.15, -0.1) is 11.3 Å². The van der Waals surface area contributed by atoms with Crippen molar-refractivity contribution < 1.29 is 14.3 Å². The van der Waals surface area contributed by atoms with Gasteiger partial charge in [-0.1, -0.05) is 30.3 Å². The molecule has 1 aliphatic carbocycles. The maximum absolute atomic E-state index is 12.8. The number of nitrogens with two attached hydrogens (primary N) is 1. The number of rotatable bonds is 8. The summed E-state index contributed by atoms with van der Waals surface area (Å²) in [5.74, 6) is -0.624. The molecule has 2 heterocycles. The molecule has 31 heavy (non-hydrogen) atoms. The van der Waals surface area contributed by atoms with Crippen molar-refractivity contribution in [2.75, 3.05) is 44.7 Å². The molecule has 1 aromatic carbocycles. The Bertz CT molecular complexity index is 909. The van der Waals surface area contributed by atoms with Crippen LogP contribution in [0.2, 0.25) is 0 Å². The number of nitrogens with zero attached hydrogens (tertiary/aromatic N) is 1. The van der Waals surface area contributed by atoms with Gasteiger partial charge >= 0.3 is 0 Å². The molecule has 1 aromatic heterocycles. The summed E-state index contributed by atoms with van der Waals surface area (Å²) in [4.78, 5) is 28.4. The van der Waals surface area contributed by atoms with Crippen LogP contribution in [0.15, 0.2) is 30.3 Å². The molecule has 4 rings (SSSR count). The molecule has 2 aromatic rings. The fourth-order valence-electron chi connectivity index (χ4n) is 4.32. The molecule has 1 saturated heterocycles. The summed E-state index contributed by atoms with van der Waals surface area (Å²) >= 11 is 1.50. The fourth-order valence-corrected chi connectivity index (χ4v) is 5.63. The number of nitrogens with one attached hydrogen (secondary N) is 2. The van der Waals surface area contributed by atoms with E-state index in [9.17, 15) is 9.59 Å². The van der Waals surface area contributed by atoms with Gasteiger partial charge in [-0.2, -0.15) is 0 Å². The molecule has 166 valence electrons. The zero-order valence-electron chi connectivity index (χ0n) is 17.7. The summed E-state index contributed by atoms with van der Waals surface area (Å²) < 4.78 is 5.45. The molecule has 0 radical (unpaired) electrons. The Kier molecular flexibility index (Phi) is 7.34. The molecular formula is C23H30N4O3S. The van der Waals surface area contributed by atoms with Crippen LogP contribution in [0, 0.1) is 0 Å². The number of primary amides is 1. The summed E-state index contributed by atoms with van der Waals surface area (Å²) in [5.41, 5.74) is 8.32. The van der Waals surface area contributed by atoms with Crippen molar-refractivity contribution in [2.24, 2.45) is 5.73 Å². The van der Waals surface area contributed by atoms with Crippen LogP contribution in [0.3, 0.4) is 0 Å². The predicted octanol–water partition coefficient (Wildman–Crippen LogP) is 2.33. The number of hydrogen-bond acceptors (Lipinski definition) is 6. The molecule has 2 aliphatic rings. The molecule has 7 nitrogen and oxygen atoms in total. The minimum atomic E-state index is -0.461. The van der Waals surface area contributed by atoms with E-state index in [0.717, 1.165) is 69.7 Å². The van der Waals surface area contributed by atoms with Crippen molar-refractivity contribution in [3.8, 4) is 0 Å². The summed E-state index contributed by atoms with van der Waals surface area (Å²) in [6.45, 7) is 4.22. The lowest BCUT2D eigenvalue weighted by Gasteiger charge is -2.31. The van der Waals surface area contributed by atoms with Gasteiger partial charge in [0.2, 0.25) is 5.91 Å². The third kappa shape index (κ3) is 5.51. The van der Waals surface area contributed by atoms with Crippen LogP contribution in [0.4, 0.5) is 5.00 Å². The molecule has 8 heteroatoms. The Morgan fingerprint density at radius 1 is 1.13 bits per heavy atom. The minimum absolute atomic E-state index is 0.0252. The zero-order valence-corrected chi connectivity index (χ0v) is 18.5. The standard InChI is InChI=1S/C23H30N4O3S/c24-22(29)21-17-8-4-5-9-19(17)31-23(21)26-20(28)14-25-18(16-6-2-1-3-7-16)15-27-10-12-30-13-11-27/h1-3,6-7,18,25H,4-5,8-15H2,(H2,24,29)(H,26,28). The van der Waals surface area contributed by atoms with Crippen LogP contribution in [-0.4, -0.2) is 56.1 Å². The first-order valence-corrected chi connectivity index (χ1v) is 11.8. The number of aryl methyl sites for hydroxylation is 1. The van der Waals surface area contributed by atoms with Gasteiger partial charge in [0, 0.05) is 30.6 Å². The van der Waals surface area contributed by atoms with Gasteiger partial charge in [-0.05, 0) is 36.8 Å². The van der Waals surface area contributed by atoms with E-state index in [4.69, 9.17) is 10.5 Å². The number of fused-ring (bicyclic) bond motifs is 1. The van der Waals surface area contributed by atoms with E-state index in [-0.39, 0.29) is 18.5 Å². The van der Waals surface area contributed by atoms with Crippen LogP contribution in [-0.2, 0) is 22.4 Å². The quantitative estimate of drug-likeness (QED) is 0.583. The smallest absolute Gasteiger partial charge is 0.251 e. The van der Waals surface area contributed by atoms with E-state index in [1.165, 1.54) is 16.2 Å². The van der Waals surface area contributed by atoms with Crippen LogP contribution >= 0.6 is 11.3 Å². The number of ether oxygens (including phenoxy) is 1.